The number of hydrogen-bond donors (Lipinski definition) is 2. The summed E-state index contributed by atoms with van der Waals surface area (Å²) < 4.78 is 4.08. The molecular formula is C11H12N4OS2. The number of nitrogens with two attached hydrogens (primary N) is 1. The number of para-hydroxylation sites is 1. The molecule has 0 spiro atoms. The Morgan fingerprint density at radius 3 is 3.11 bits per heavy atom. The van der Waals surface area contributed by atoms with Gasteiger partial charge in [0, 0.05) is 19.2 Å². The third-order valence-electron chi connectivity index (χ3n) is 2.32. The zero-order chi connectivity index (χ0) is 13.0. The first-order valence-electron chi connectivity index (χ1n) is 5.34. The van der Waals surface area contributed by atoms with Gasteiger partial charge in [-0.15, -0.1) is 11.3 Å². The third-order valence-corrected chi connectivity index (χ3v) is 3.75. The van der Waals surface area contributed by atoms with E-state index in [0.29, 0.717) is 6.42 Å². The van der Waals surface area contributed by atoms with Crippen LogP contribution in [0.25, 0.3) is 10.2 Å². The van der Waals surface area contributed by atoms with Crippen LogP contribution in [0.1, 0.15) is 6.42 Å². The van der Waals surface area contributed by atoms with Gasteiger partial charge in [-0.1, -0.05) is 12.1 Å². The Balaban J connectivity index is 2.08. The van der Waals surface area contributed by atoms with Crippen LogP contribution in [0.2, 0.25) is 0 Å². The lowest BCUT2D eigenvalue weighted by atomic mass is 10.3. The molecule has 0 atom stereocenters. The average molecular weight is 280 g/mol. The summed E-state index contributed by atoms with van der Waals surface area (Å²) in [6.07, 6.45) is 2.29. The van der Waals surface area contributed by atoms with Crippen LogP contribution in [0.15, 0.2) is 29.4 Å². The minimum atomic E-state index is -0.663. The summed E-state index contributed by atoms with van der Waals surface area (Å²) >= 11 is 6.91. The molecular weight excluding hydrogens is 268 g/mol. The zero-order valence-electron chi connectivity index (χ0n) is 9.50. The SMILES string of the molecule is NC(=O)NN=CCCn1c(=S)sc2ccccc21. The Morgan fingerprint density at radius 2 is 2.33 bits per heavy atom. The molecule has 5 nitrogen and oxygen atoms in total. The molecule has 94 valence electrons. The molecule has 0 saturated heterocycles. The van der Waals surface area contributed by atoms with Crippen molar-refractivity contribution >= 4 is 46.0 Å². The standard InChI is InChI=1S/C11H12N4OS2/c12-10(16)14-13-6-3-7-15-8-4-1-2-5-9(8)18-11(15)17/h1-2,4-6H,3,7H2,(H3,12,14,16). The van der Waals surface area contributed by atoms with E-state index >= 15 is 0 Å². The summed E-state index contributed by atoms with van der Waals surface area (Å²) in [5.74, 6) is 0. The number of carbonyl (C=O) groups excluding carboxylic acids is 1. The summed E-state index contributed by atoms with van der Waals surface area (Å²) in [5, 5.41) is 3.69. The van der Waals surface area contributed by atoms with E-state index in [-0.39, 0.29) is 0 Å². The van der Waals surface area contributed by atoms with E-state index in [2.05, 4.69) is 21.2 Å². The van der Waals surface area contributed by atoms with Crippen LogP contribution < -0.4 is 11.2 Å². The van der Waals surface area contributed by atoms with Crippen molar-refractivity contribution in [1.82, 2.24) is 9.99 Å². The summed E-state index contributed by atoms with van der Waals surface area (Å²) in [6, 6.07) is 7.41. The number of rotatable bonds is 4. The fraction of sp³-hybridized carbons (Fsp3) is 0.182. The molecule has 0 aliphatic carbocycles. The van der Waals surface area contributed by atoms with E-state index in [9.17, 15) is 4.79 Å². The van der Waals surface area contributed by atoms with Crippen LogP contribution in [0.3, 0.4) is 0 Å². The van der Waals surface area contributed by atoms with E-state index < -0.39 is 6.03 Å². The number of hydrazone groups is 1. The first kappa shape index (κ1) is 12.7. The summed E-state index contributed by atoms with van der Waals surface area (Å²) in [6.45, 7) is 0.729. The fourth-order valence-electron chi connectivity index (χ4n) is 1.59. The highest BCUT2D eigenvalue weighted by Gasteiger charge is 2.02. The molecule has 0 bridgehead atoms. The molecule has 0 fully saturated rings. The maximum absolute atomic E-state index is 10.4. The lowest BCUT2D eigenvalue weighted by Gasteiger charge is -2.01. The molecule has 0 unspecified atom stereocenters. The lowest BCUT2D eigenvalue weighted by molar-refractivity contribution is 0.249. The molecule has 1 aromatic carbocycles. The Labute approximate surface area is 113 Å². The summed E-state index contributed by atoms with van der Waals surface area (Å²) in [5.41, 5.74) is 8.17. The van der Waals surface area contributed by atoms with E-state index in [1.165, 1.54) is 4.70 Å². The minimum absolute atomic E-state index is 0.663. The van der Waals surface area contributed by atoms with Gasteiger partial charge in [-0.3, -0.25) is 0 Å². The molecule has 0 saturated carbocycles. The van der Waals surface area contributed by atoms with Crippen LogP contribution >= 0.6 is 23.6 Å². The molecule has 0 aliphatic rings. The van der Waals surface area contributed by atoms with Crippen LogP contribution in [0, 0.1) is 3.95 Å². The Morgan fingerprint density at radius 1 is 1.56 bits per heavy atom. The summed E-state index contributed by atoms with van der Waals surface area (Å²) in [4.78, 5) is 10.4. The van der Waals surface area contributed by atoms with Gasteiger partial charge < -0.3 is 10.3 Å². The molecule has 3 N–H and O–H groups in total. The Kier molecular flexibility index (Phi) is 4.06. The number of hydrogen-bond acceptors (Lipinski definition) is 4. The van der Waals surface area contributed by atoms with Crippen LogP contribution in [0.5, 0.6) is 0 Å². The maximum atomic E-state index is 10.4. The van der Waals surface area contributed by atoms with Crippen molar-refractivity contribution in [2.24, 2.45) is 10.8 Å². The molecule has 1 heterocycles. The van der Waals surface area contributed by atoms with Crippen LogP contribution in [0.4, 0.5) is 4.79 Å². The van der Waals surface area contributed by atoms with E-state index in [0.717, 1.165) is 16.0 Å². The second kappa shape index (κ2) is 5.74. The average Bonchev–Trinajstić information content (AvgIpc) is 2.65. The molecule has 0 radical (unpaired) electrons. The van der Waals surface area contributed by atoms with Crippen molar-refractivity contribution in [2.45, 2.75) is 13.0 Å². The van der Waals surface area contributed by atoms with Gasteiger partial charge in [0.1, 0.15) is 0 Å². The molecule has 18 heavy (non-hydrogen) atoms. The van der Waals surface area contributed by atoms with Gasteiger partial charge in [-0.05, 0) is 24.4 Å². The number of thiazole rings is 1. The monoisotopic (exact) mass is 280 g/mol. The topological polar surface area (TPSA) is 72.4 Å². The highest BCUT2D eigenvalue weighted by Crippen LogP contribution is 2.22. The number of aryl methyl sites for hydroxylation is 1. The number of fused-ring (bicyclic) bond motifs is 1. The highest BCUT2D eigenvalue weighted by molar-refractivity contribution is 7.73. The van der Waals surface area contributed by atoms with E-state index in [4.69, 9.17) is 18.0 Å². The van der Waals surface area contributed by atoms with Crippen molar-refractivity contribution in [1.29, 1.82) is 0 Å². The number of carbonyl (C=O) groups is 1. The van der Waals surface area contributed by atoms with Gasteiger partial charge in [0.2, 0.25) is 0 Å². The van der Waals surface area contributed by atoms with Crippen molar-refractivity contribution in [3.05, 3.63) is 28.2 Å². The molecule has 0 aliphatic heterocycles. The second-order valence-electron chi connectivity index (χ2n) is 3.56. The zero-order valence-corrected chi connectivity index (χ0v) is 11.1. The molecule has 2 amide bonds. The first-order chi connectivity index (χ1) is 8.68. The second-order valence-corrected chi connectivity index (χ2v) is 5.24. The van der Waals surface area contributed by atoms with Gasteiger partial charge in [0.15, 0.2) is 3.95 Å². The van der Waals surface area contributed by atoms with Gasteiger partial charge >= 0.3 is 6.03 Å². The normalized spacial score (nSPS) is 11.1. The van der Waals surface area contributed by atoms with E-state index in [1.54, 1.807) is 17.6 Å². The predicted molar refractivity (Wildman–Crippen MR) is 76.5 cm³/mol. The van der Waals surface area contributed by atoms with Gasteiger partial charge in [0.25, 0.3) is 0 Å². The van der Waals surface area contributed by atoms with Crippen LogP contribution in [-0.2, 0) is 6.54 Å². The number of nitrogens with one attached hydrogen (secondary N) is 1. The first-order valence-corrected chi connectivity index (χ1v) is 6.56. The number of primary amides is 1. The fourth-order valence-corrected chi connectivity index (χ4v) is 2.96. The molecule has 1 aromatic heterocycles. The molecule has 2 aromatic rings. The third kappa shape index (κ3) is 2.93. The quantitative estimate of drug-likeness (QED) is 0.513. The minimum Gasteiger partial charge on any atom is -0.350 e. The van der Waals surface area contributed by atoms with Crippen LogP contribution in [-0.4, -0.2) is 16.8 Å². The predicted octanol–water partition coefficient (Wildman–Crippen LogP) is 2.48. The van der Waals surface area contributed by atoms with Crippen molar-refractivity contribution < 1.29 is 4.79 Å². The molecule has 2 rings (SSSR count). The smallest absolute Gasteiger partial charge is 0.332 e. The highest BCUT2D eigenvalue weighted by atomic mass is 32.1. The van der Waals surface area contributed by atoms with E-state index in [1.807, 2.05) is 18.2 Å². The maximum Gasteiger partial charge on any atom is 0.332 e. The van der Waals surface area contributed by atoms with Crippen molar-refractivity contribution in [3.8, 4) is 0 Å². The number of benzene rings is 1. The Hall–Kier alpha value is -1.73. The lowest BCUT2D eigenvalue weighted by Crippen LogP contribution is -2.24. The number of urea groups is 1. The van der Waals surface area contributed by atoms with Gasteiger partial charge in [-0.2, -0.15) is 5.10 Å². The number of nitrogens with zero attached hydrogens (tertiary/aromatic N) is 2. The van der Waals surface area contributed by atoms with Gasteiger partial charge in [-0.25, -0.2) is 10.2 Å². The van der Waals surface area contributed by atoms with Crippen molar-refractivity contribution in [2.75, 3.05) is 0 Å². The number of amides is 2. The van der Waals surface area contributed by atoms with Crippen molar-refractivity contribution in [3.63, 3.8) is 0 Å². The molecule has 7 heteroatoms. The Bertz CT molecular complexity index is 644. The summed E-state index contributed by atoms with van der Waals surface area (Å²) in [7, 11) is 0. The number of aromatic nitrogens is 1. The largest absolute Gasteiger partial charge is 0.350 e. The van der Waals surface area contributed by atoms with Gasteiger partial charge in [0.05, 0.1) is 10.2 Å².